The third-order valence-electron chi connectivity index (χ3n) is 6.57. The average Bonchev–Trinajstić information content (AvgIpc) is 2.81. The Morgan fingerprint density at radius 3 is 2.35 bits per heavy atom. The predicted octanol–water partition coefficient (Wildman–Crippen LogP) is 3.88. The molecule has 4 rings (SSSR count). The van der Waals surface area contributed by atoms with Crippen molar-refractivity contribution >= 4 is 16.9 Å². The lowest BCUT2D eigenvalue weighted by Gasteiger charge is -2.47. The molecular formula is C24H25F3N6O. The maximum Gasteiger partial charge on any atom is 0.416 e. The smallest absolute Gasteiger partial charge is 0.349 e. The number of aryl methyl sites for hydroxylation is 1. The summed E-state index contributed by atoms with van der Waals surface area (Å²) >= 11 is 0. The van der Waals surface area contributed by atoms with Gasteiger partial charge in [0.1, 0.15) is 17.3 Å². The minimum absolute atomic E-state index is 0.0218. The largest absolute Gasteiger partial charge is 0.416 e. The van der Waals surface area contributed by atoms with Crippen LogP contribution in [-0.2, 0) is 13.2 Å². The van der Waals surface area contributed by atoms with Crippen molar-refractivity contribution in [2.45, 2.75) is 45.1 Å². The Labute approximate surface area is 195 Å². The van der Waals surface area contributed by atoms with Crippen molar-refractivity contribution in [3.8, 4) is 6.07 Å². The lowest BCUT2D eigenvalue weighted by atomic mass is 9.99. The SMILES string of the molecule is CC(c1ccc(C(F)(F)F)cc1)N1C[C@H](C)N(c2nc(=O)n(C)c3ccc(C#N)nc23)C[C@H]1C. The van der Waals surface area contributed by atoms with Gasteiger partial charge in [-0.05, 0) is 50.6 Å². The number of nitrogens with zero attached hydrogens (tertiary/aromatic N) is 6. The highest BCUT2D eigenvalue weighted by molar-refractivity contribution is 5.86. The van der Waals surface area contributed by atoms with E-state index in [-0.39, 0.29) is 23.8 Å². The number of anilines is 1. The van der Waals surface area contributed by atoms with Gasteiger partial charge in [0.25, 0.3) is 0 Å². The number of fused-ring (bicyclic) bond motifs is 1. The molecular weight excluding hydrogens is 445 g/mol. The Kier molecular flexibility index (Phi) is 6.08. The van der Waals surface area contributed by atoms with Gasteiger partial charge in [-0.25, -0.2) is 9.78 Å². The summed E-state index contributed by atoms with van der Waals surface area (Å²) < 4.78 is 40.2. The number of piperazine rings is 1. The lowest BCUT2D eigenvalue weighted by molar-refractivity contribution is -0.137. The summed E-state index contributed by atoms with van der Waals surface area (Å²) in [7, 11) is 1.62. The van der Waals surface area contributed by atoms with Crippen molar-refractivity contribution in [1.82, 2.24) is 19.4 Å². The van der Waals surface area contributed by atoms with Gasteiger partial charge in [-0.1, -0.05) is 12.1 Å². The average molecular weight is 470 g/mol. The summed E-state index contributed by atoms with van der Waals surface area (Å²) in [5.74, 6) is 0.441. The molecule has 3 heterocycles. The zero-order valence-corrected chi connectivity index (χ0v) is 19.3. The summed E-state index contributed by atoms with van der Waals surface area (Å²) in [6, 6.07) is 10.5. The van der Waals surface area contributed by atoms with Gasteiger partial charge in [0.2, 0.25) is 0 Å². The van der Waals surface area contributed by atoms with Crippen LogP contribution in [0.15, 0.2) is 41.2 Å². The van der Waals surface area contributed by atoms with E-state index in [4.69, 9.17) is 0 Å². The highest BCUT2D eigenvalue weighted by Crippen LogP contribution is 2.33. The molecule has 2 aromatic heterocycles. The Bertz CT molecular complexity index is 1310. The standard InChI is InChI=1S/C24H25F3N6O/c1-14-13-33(22-21-20(31(4)23(34)30-22)10-9-19(11-28)29-21)15(2)12-32(14)16(3)17-5-7-18(8-6-17)24(25,26)27/h5-10,14-16H,12-13H2,1-4H3/t14-,15+,16?/m1/s1. The van der Waals surface area contributed by atoms with E-state index < -0.39 is 17.4 Å². The first-order chi connectivity index (χ1) is 16.0. The fourth-order valence-corrected chi connectivity index (χ4v) is 4.60. The predicted molar refractivity (Wildman–Crippen MR) is 122 cm³/mol. The van der Waals surface area contributed by atoms with Gasteiger partial charge in [0.05, 0.1) is 11.1 Å². The van der Waals surface area contributed by atoms with E-state index in [1.807, 2.05) is 31.7 Å². The minimum atomic E-state index is -4.36. The number of hydrogen-bond donors (Lipinski definition) is 0. The first-order valence-electron chi connectivity index (χ1n) is 11.0. The molecule has 34 heavy (non-hydrogen) atoms. The van der Waals surface area contributed by atoms with E-state index in [0.717, 1.165) is 17.7 Å². The van der Waals surface area contributed by atoms with Crippen LogP contribution in [0, 0.1) is 11.3 Å². The quantitative estimate of drug-likeness (QED) is 0.578. The van der Waals surface area contributed by atoms with Crippen molar-refractivity contribution in [2.75, 3.05) is 18.0 Å². The van der Waals surface area contributed by atoms with Crippen molar-refractivity contribution in [3.63, 3.8) is 0 Å². The number of halogens is 3. The van der Waals surface area contributed by atoms with Gasteiger partial charge >= 0.3 is 11.9 Å². The number of aromatic nitrogens is 3. The molecule has 1 aliphatic heterocycles. The van der Waals surface area contributed by atoms with E-state index in [1.54, 1.807) is 19.2 Å². The molecule has 1 aromatic carbocycles. The molecule has 0 aliphatic carbocycles. The Hall–Kier alpha value is -3.45. The zero-order valence-electron chi connectivity index (χ0n) is 19.3. The maximum absolute atomic E-state index is 12.9. The maximum atomic E-state index is 12.9. The van der Waals surface area contributed by atoms with Crippen molar-refractivity contribution in [1.29, 1.82) is 5.26 Å². The number of rotatable bonds is 3. The number of hydrogen-bond acceptors (Lipinski definition) is 6. The molecule has 10 heteroatoms. The molecule has 0 saturated carbocycles. The van der Waals surface area contributed by atoms with Crippen molar-refractivity contribution < 1.29 is 13.2 Å². The van der Waals surface area contributed by atoms with Crippen LogP contribution in [0.25, 0.3) is 11.0 Å². The normalized spacial score (nSPS) is 20.4. The topological polar surface area (TPSA) is 78.0 Å². The van der Waals surface area contributed by atoms with E-state index >= 15 is 0 Å². The molecule has 0 radical (unpaired) electrons. The van der Waals surface area contributed by atoms with Crippen LogP contribution < -0.4 is 10.6 Å². The third kappa shape index (κ3) is 4.23. The molecule has 3 atom stereocenters. The van der Waals surface area contributed by atoms with Crippen LogP contribution in [0.3, 0.4) is 0 Å². The molecule has 1 aliphatic rings. The highest BCUT2D eigenvalue weighted by Gasteiger charge is 2.35. The van der Waals surface area contributed by atoms with Gasteiger partial charge < -0.3 is 4.90 Å². The summed E-state index contributed by atoms with van der Waals surface area (Å²) in [5.41, 5.74) is 1.05. The first kappa shape index (κ1) is 23.7. The first-order valence-corrected chi connectivity index (χ1v) is 11.0. The summed E-state index contributed by atoms with van der Waals surface area (Å²) in [5, 5.41) is 9.30. The minimum Gasteiger partial charge on any atom is -0.349 e. The molecule has 1 saturated heterocycles. The Morgan fingerprint density at radius 2 is 1.74 bits per heavy atom. The van der Waals surface area contributed by atoms with E-state index in [0.29, 0.717) is 29.9 Å². The third-order valence-corrected chi connectivity index (χ3v) is 6.57. The van der Waals surface area contributed by atoms with Gasteiger partial charge in [0.15, 0.2) is 5.82 Å². The summed E-state index contributed by atoms with van der Waals surface area (Å²) in [6.07, 6.45) is -4.36. The second kappa shape index (κ2) is 8.72. The highest BCUT2D eigenvalue weighted by atomic mass is 19.4. The molecule has 0 spiro atoms. The number of nitriles is 1. The van der Waals surface area contributed by atoms with Crippen molar-refractivity contribution in [3.05, 3.63) is 63.7 Å². The number of benzene rings is 1. The van der Waals surface area contributed by atoms with E-state index in [2.05, 4.69) is 14.9 Å². The van der Waals surface area contributed by atoms with Crippen LogP contribution in [0.4, 0.5) is 19.0 Å². The monoisotopic (exact) mass is 470 g/mol. The summed E-state index contributed by atoms with van der Waals surface area (Å²) in [6.45, 7) is 7.18. The van der Waals surface area contributed by atoms with Gasteiger partial charge in [-0.2, -0.15) is 23.4 Å². The van der Waals surface area contributed by atoms with Crippen LogP contribution in [0.5, 0.6) is 0 Å². The fraction of sp³-hybridized carbons (Fsp3) is 0.417. The second-order valence-corrected chi connectivity index (χ2v) is 8.80. The van der Waals surface area contributed by atoms with Crippen LogP contribution in [0.1, 0.15) is 43.6 Å². The van der Waals surface area contributed by atoms with Crippen LogP contribution >= 0.6 is 0 Å². The lowest BCUT2D eigenvalue weighted by Crippen LogP contribution is -2.57. The van der Waals surface area contributed by atoms with Crippen molar-refractivity contribution in [2.24, 2.45) is 7.05 Å². The van der Waals surface area contributed by atoms with Gasteiger partial charge in [-0.3, -0.25) is 9.47 Å². The van der Waals surface area contributed by atoms with Gasteiger partial charge in [-0.15, -0.1) is 0 Å². The Morgan fingerprint density at radius 1 is 1.06 bits per heavy atom. The number of pyridine rings is 1. The van der Waals surface area contributed by atoms with Crippen LogP contribution in [-0.4, -0.2) is 44.6 Å². The molecule has 7 nitrogen and oxygen atoms in total. The van der Waals surface area contributed by atoms with Crippen LogP contribution in [0.2, 0.25) is 0 Å². The molecule has 1 fully saturated rings. The molecule has 178 valence electrons. The second-order valence-electron chi connectivity index (χ2n) is 8.80. The molecule has 0 bridgehead atoms. The molecule has 0 N–H and O–H groups in total. The van der Waals surface area contributed by atoms with Gasteiger partial charge in [0, 0.05) is 38.3 Å². The van der Waals surface area contributed by atoms with E-state index in [1.165, 1.54) is 16.7 Å². The molecule has 0 amide bonds. The zero-order chi connectivity index (χ0) is 24.8. The molecule has 1 unspecified atom stereocenters. The van der Waals surface area contributed by atoms with E-state index in [9.17, 15) is 23.2 Å². The Balaban J connectivity index is 1.64. The molecule has 3 aromatic rings. The number of alkyl halides is 3. The summed E-state index contributed by atoms with van der Waals surface area (Å²) in [4.78, 5) is 25.5. The fourth-order valence-electron chi connectivity index (χ4n) is 4.60.